The third kappa shape index (κ3) is 7.14. The van der Waals surface area contributed by atoms with Gasteiger partial charge in [-0.3, -0.25) is 14.8 Å². The maximum atomic E-state index is 14.1. The van der Waals surface area contributed by atoms with Gasteiger partial charge in [0, 0.05) is 43.6 Å². The Hall–Kier alpha value is -5.35. The molecule has 54 heavy (non-hydrogen) atoms. The van der Waals surface area contributed by atoms with Gasteiger partial charge in [-0.1, -0.05) is 30.7 Å². The molecule has 0 amide bonds. The van der Waals surface area contributed by atoms with Gasteiger partial charge in [0.15, 0.2) is 17.2 Å². The molecule has 1 atom stereocenters. The van der Waals surface area contributed by atoms with Gasteiger partial charge in [0.25, 0.3) is 6.43 Å². The van der Waals surface area contributed by atoms with Crippen molar-refractivity contribution in [1.29, 1.82) is 5.26 Å². The molecule has 0 spiro atoms. The van der Waals surface area contributed by atoms with Gasteiger partial charge in [-0.25, -0.2) is 23.7 Å². The van der Waals surface area contributed by atoms with Crippen molar-refractivity contribution in [3.05, 3.63) is 94.4 Å². The van der Waals surface area contributed by atoms with Crippen LogP contribution in [0.25, 0.3) is 44.7 Å². The number of β-amino-alcohol motifs (C(OH)–C–C–N with tert-alkyl or cyclic N) is 1. The summed E-state index contributed by atoms with van der Waals surface area (Å²) >= 11 is 0. The third-order valence-electron chi connectivity index (χ3n) is 10.7. The Morgan fingerprint density at radius 1 is 0.889 bits per heavy atom. The van der Waals surface area contributed by atoms with Crippen LogP contribution in [0, 0.1) is 25.2 Å². The Balaban J connectivity index is 1.10. The largest absolute Gasteiger partial charge is 0.435 e. The Kier molecular flexibility index (Phi) is 9.56. The molecule has 10 nitrogen and oxygen atoms in total. The van der Waals surface area contributed by atoms with E-state index in [0.717, 1.165) is 65.1 Å². The number of fused-ring (bicyclic) bond motifs is 2. The van der Waals surface area contributed by atoms with E-state index in [1.165, 1.54) is 19.3 Å². The van der Waals surface area contributed by atoms with E-state index in [1.54, 1.807) is 12.3 Å². The third-order valence-corrected chi connectivity index (χ3v) is 10.7. The predicted molar refractivity (Wildman–Crippen MR) is 204 cm³/mol. The first kappa shape index (κ1) is 35.7. The average molecular weight is 729 g/mol. The van der Waals surface area contributed by atoms with E-state index in [-0.39, 0.29) is 5.82 Å². The molecule has 2 aliphatic rings. The lowest BCUT2D eigenvalue weighted by atomic mass is 9.93. The van der Waals surface area contributed by atoms with Gasteiger partial charge < -0.3 is 14.8 Å². The Morgan fingerprint density at radius 2 is 1.61 bits per heavy atom. The first-order chi connectivity index (χ1) is 26.0. The predicted octanol–water partition coefficient (Wildman–Crippen LogP) is 8.61. The summed E-state index contributed by atoms with van der Waals surface area (Å²) in [4.78, 5) is 22.4. The van der Waals surface area contributed by atoms with Crippen LogP contribution in [0.1, 0.15) is 72.7 Å². The Morgan fingerprint density at radius 3 is 2.35 bits per heavy atom. The molecule has 8 rings (SSSR count). The van der Waals surface area contributed by atoms with Gasteiger partial charge in [0.05, 0.1) is 16.7 Å². The van der Waals surface area contributed by atoms with Crippen LogP contribution in [-0.4, -0.2) is 66.6 Å². The van der Waals surface area contributed by atoms with Crippen molar-refractivity contribution in [2.45, 2.75) is 71.6 Å². The lowest BCUT2D eigenvalue weighted by molar-refractivity contribution is 0.0679. The molecule has 0 bridgehead atoms. The maximum absolute atomic E-state index is 14.1. The van der Waals surface area contributed by atoms with E-state index in [9.17, 15) is 19.1 Å². The number of aromatic nitrogens is 4. The number of likely N-dealkylation sites (tertiary alicyclic amines) is 2. The van der Waals surface area contributed by atoms with Crippen molar-refractivity contribution in [2.24, 2.45) is 0 Å². The zero-order valence-electron chi connectivity index (χ0n) is 30.7. The first-order valence-corrected chi connectivity index (χ1v) is 18.5. The van der Waals surface area contributed by atoms with Crippen molar-refractivity contribution < 1.29 is 18.3 Å². The highest BCUT2D eigenvalue weighted by Gasteiger charge is 2.31. The molecule has 12 heteroatoms. The fraction of sp³-hybridized carbons (Fsp3) is 0.357. The van der Waals surface area contributed by atoms with Gasteiger partial charge in [0.2, 0.25) is 5.89 Å². The number of hydrogen-bond acceptors (Lipinski definition) is 10. The smallest absolute Gasteiger partial charge is 0.297 e. The molecule has 0 saturated carbocycles. The first-order valence-electron chi connectivity index (χ1n) is 18.5. The van der Waals surface area contributed by atoms with E-state index in [4.69, 9.17) is 9.40 Å². The number of nitriles is 1. The van der Waals surface area contributed by atoms with Crippen LogP contribution in [0.2, 0.25) is 0 Å². The second-order valence-corrected chi connectivity index (χ2v) is 14.9. The molecule has 6 aromatic rings. The van der Waals surface area contributed by atoms with Gasteiger partial charge in [-0.15, -0.1) is 0 Å². The number of aliphatic hydroxyl groups is 1. The summed E-state index contributed by atoms with van der Waals surface area (Å²) < 4.78 is 34.5. The molecular weight excluding hydrogens is 687 g/mol. The summed E-state index contributed by atoms with van der Waals surface area (Å²) in [5, 5.41) is 23.7. The zero-order chi connectivity index (χ0) is 37.6. The molecule has 2 saturated heterocycles. The molecule has 0 aliphatic carbocycles. The van der Waals surface area contributed by atoms with E-state index < -0.39 is 17.9 Å². The van der Waals surface area contributed by atoms with Crippen LogP contribution in [0.5, 0.6) is 0 Å². The van der Waals surface area contributed by atoms with Crippen molar-refractivity contribution >= 4 is 33.6 Å². The summed E-state index contributed by atoms with van der Waals surface area (Å²) in [7, 11) is 0. The van der Waals surface area contributed by atoms with Crippen molar-refractivity contribution in [3.8, 4) is 28.7 Å². The SMILES string of the molecule is Cc1c(Nc2nc(C(F)F)nc3cc(CN4CC[C@@](C)(O)C4)cnc23)cccc1-c1cccc(-c2nc3cc(CN4CCCCC4)cc(C#N)c3o2)c1C. The minimum atomic E-state index is -2.87. The fourth-order valence-electron chi connectivity index (χ4n) is 7.89. The minimum Gasteiger partial charge on any atom is -0.435 e. The monoisotopic (exact) mass is 728 g/mol. The molecule has 5 heterocycles. The molecule has 2 N–H and O–H groups in total. The van der Waals surface area contributed by atoms with Crippen LogP contribution in [0.15, 0.2) is 65.2 Å². The lowest BCUT2D eigenvalue weighted by Gasteiger charge is -2.26. The summed E-state index contributed by atoms with van der Waals surface area (Å²) in [6.45, 7) is 10.5. The number of oxazole rings is 1. The standard InChI is InChI=1S/C42H42F2N8O2/c1-25-30(9-7-11-32(25)41-49-35-18-27(17-29(20-45)37(35)54-41)22-51-14-5-4-6-15-51)31-10-8-12-33(26(31)2)47-39-36-34(48-40(50-39)38(43)44)19-28(21-46-36)23-52-16-13-42(3,53)24-52/h7-12,17-19,21,38,53H,4-6,13-16,22-24H2,1-3H3,(H,47,48,50)/t42-/m1/s1. The van der Waals surface area contributed by atoms with E-state index in [0.29, 0.717) is 58.8 Å². The summed E-state index contributed by atoms with van der Waals surface area (Å²) in [5.74, 6) is 0.0495. The maximum Gasteiger partial charge on any atom is 0.297 e. The number of anilines is 2. The molecule has 3 aromatic carbocycles. The highest BCUT2D eigenvalue weighted by Crippen LogP contribution is 2.38. The van der Waals surface area contributed by atoms with Crippen LogP contribution in [0.4, 0.5) is 20.3 Å². The van der Waals surface area contributed by atoms with E-state index >= 15 is 0 Å². The summed E-state index contributed by atoms with van der Waals surface area (Å²) in [6.07, 6.45) is 3.15. The summed E-state index contributed by atoms with van der Waals surface area (Å²) in [6, 6.07) is 19.8. The van der Waals surface area contributed by atoms with Crippen LogP contribution in [0.3, 0.4) is 0 Å². The van der Waals surface area contributed by atoms with E-state index in [2.05, 4.69) is 36.1 Å². The second kappa shape index (κ2) is 14.5. The van der Waals surface area contributed by atoms with Gasteiger partial charge >= 0.3 is 0 Å². The van der Waals surface area contributed by atoms with E-state index in [1.807, 2.05) is 69.3 Å². The molecule has 0 unspecified atom stereocenters. The van der Waals surface area contributed by atoms with Gasteiger partial charge in [-0.2, -0.15) is 5.26 Å². The van der Waals surface area contributed by atoms with Crippen molar-refractivity contribution in [1.82, 2.24) is 29.7 Å². The fourth-order valence-corrected chi connectivity index (χ4v) is 7.89. The van der Waals surface area contributed by atoms with Gasteiger partial charge in [-0.05, 0) is 117 Å². The zero-order valence-corrected chi connectivity index (χ0v) is 30.7. The quantitative estimate of drug-likeness (QED) is 0.149. The number of halogens is 2. The summed E-state index contributed by atoms with van der Waals surface area (Å²) in [5.41, 5.74) is 8.64. The molecule has 2 aliphatic heterocycles. The highest BCUT2D eigenvalue weighted by molar-refractivity contribution is 5.90. The van der Waals surface area contributed by atoms with Crippen LogP contribution in [-0.2, 0) is 13.1 Å². The number of pyridine rings is 1. The number of benzene rings is 3. The number of nitrogens with zero attached hydrogens (tertiary/aromatic N) is 7. The second-order valence-electron chi connectivity index (χ2n) is 14.9. The number of rotatable bonds is 9. The lowest BCUT2D eigenvalue weighted by Crippen LogP contribution is -2.29. The van der Waals surface area contributed by atoms with Crippen LogP contribution < -0.4 is 5.32 Å². The molecule has 2 fully saturated rings. The van der Waals surface area contributed by atoms with Gasteiger partial charge in [0.1, 0.15) is 17.1 Å². The Bertz CT molecular complexity index is 2410. The minimum absolute atomic E-state index is 0.191. The number of nitrogens with one attached hydrogen (secondary N) is 1. The highest BCUT2D eigenvalue weighted by atomic mass is 19.3. The van der Waals surface area contributed by atoms with Crippen LogP contribution >= 0.6 is 0 Å². The average Bonchev–Trinajstić information content (AvgIpc) is 3.74. The number of alkyl halides is 2. The normalized spacial score (nSPS) is 18.2. The Labute approximate surface area is 312 Å². The van der Waals surface area contributed by atoms with Crippen molar-refractivity contribution in [3.63, 3.8) is 0 Å². The topological polar surface area (TPSA) is 127 Å². The number of hydrogen-bond donors (Lipinski definition) is 2. The van der Waals surface area contributed by atoms with Crippen molar-refractivity contribution in [2.75, 3.05) is 31.5 Å². The molecule has 0 radical (unpaired) electrons. The molecular formula is C42H42F2N8O2. The molecule has 3 aromatic heterocycles. The molecule has 276 valence electrons. The number of piperidine rings is 1.